The summed E-state index contributed by atoms with van der Waals surface area (Å²) < 4.78 is 1.66. The van der Waals surface area contributed by atoms with Crippen LogP contribution in [0.3, 0.4) is 0 Å². The molecular formula is C9H10ClN3. The molecule has 0 radical (unpaired) electrons. The summed E-state index contributed by atoms with van der Waals surface area (Å²) in [5.74, 6) is 0. The first-order valence-electron chi connectivity index (χ1n) is 4.22. The van der Waals surface area contributed by atoms with Gasteiger partial charge in [0.25, 0.3) is 0 Å². The molecule has 2 rings (SSSR count). The second kappa shape index (κ2) is 3.00. The average Bonchev–Trinajstić information content (AvgIpc) is 2.53. The highest BCUT2D eigenvalue weighted by molar-refractivity contribution is 6.30. The van der Waals surface area contributed by atoms with Gasteiger partial charge in [0, 0.05) is 17.3 Å². The summed E-state index contributed by atoms with van der Waals surface area (Å²) in [5, 5.41) is 4.77. The van der Waals surface area contributed by atoms with E-state index in [1.807, 2.05) is 13.0 Å². The molecule has 0 atom stereocenters. The summed E-state index contributed by atoms with van der Waals surface area (Å²) in [5.41, 5.74) is 2.86. The van der Waals surface area contributed by atoms with Crippen LogP contribution in [0.5, 0.6) is 0 Å². The summed E-state index contributed by atoms with van der Waals surface area (Å²) in [6, 6.07) is 1.85. The Bertz CT molecular complexity index is 447. The second-order valence-electron chi connectivity index (χ2n) is 2.92. The maximum absolute atomic E-state index is 6.15. The predicted octanol–water partition coefficient (Wildman–Crippen LogP) is 2.25. The lowest BCUT2D eigenvalue weighted by Gasteiger charge is -2.06. The minimum absolute atomic E-state index is 0.676. The smallest absolute Gasteiger partial charge is 0.156 e. The van der Waals surface area contributed by atoms with E-state index in [0.717, 1.165) is 23.3 Å². The fraction of sp³-hybridized carbons (Fsp3) is 0.333. The fourth-order valence-corrected chi connectivity index (χ4v) is 1.85. The molecule has 0 amide bonds. The Balaban J connectivity index is 2.85. The molecule has 0 saturated carbocycles. The highest BCUT2D eigenvalue weighted by Crippen LogP contribution is 2.19. The van der Waals surface area contributed by atoms with E-state index in [4.69, 9.17) is 11.6 Å². The van der Waals surface area contributed by atoms with E-state index in [-0.39, 0.29) is 0 Å². The van der Waals surface area contributed by atoms with Crippen molar-refractivity contribution in [1.82, 2.24) is 14.6 Å². The number of aromatic nitrogens is 3. The van der Waals surface area contributed by atoms with Crippen LogP contribution in [0, 0.1) is 6.92 Å². The molecule has 0 aliphatic rings. The van der Waals surface area contributed by atoms with E-state index in [1.54, 1.807) is 10.7 Å². The van der Waals surface area contributed by atoms with Crippen LogP contribution in [0.4, 0.5) is 0 Å². The lowest BCUT2D eigenvalue weighted by molar-refractivity contribution is 0.896. The van der Waals surface area contributed by atoms with Crippen molar-refractivity contribution < 1.29 is 0 Å². The molecule has 0 aliphatic heterocycles. The molecule has 2 aromatic rings. The van der Waals surface area contributed by atoms with Crippen LogP contribution < -0.4 is 0 Å². The van der Waals surface area contributed by atoms with Crippen molar-refractivity contribution in [1.29, 1.82) is 0 Å². The number of rotatable bonds is 1. The molecule has 0 fully saturated rings. The van der Waals surface area contributed by atoms with E-state index < -0.39 is 0 Å². The van der Waals surface area contributed by atoms with Crippen LogP contribution >= 0.6 is 11.6 Å². The fourth-order valence-electron chi connectivity index (χ4n) is 1.45. The molecule has 68 valence electrons. The normalized spacial score (nSPS) is 11.0. The minimum Gasteiger partial charge on any atom is -0.233 e. The molecule has 2 heterocycles. The number of halogens is 1. The lowest BCUT2D eigenvalue weighted by atomic mass is 10.2. The highest BCUT2D eigenvalue weighted by Gasteiger charge is 2.08. The van der Waals surface area contributed by atoms with Crippen molar-refractivity contribution >= 4 is 17.2 Å². The standard InChI is InChI=1S/C9H10ClN3/c1-3-7-6(2)12-8-4-5-11-13(8)9(7)10/h4-5H,3H2,1-2H3. The van der Waals surface area contributed by atoms with Gasteiger partial charge in [-0.3, -0.25) is 0 Å². The van der Waals surface area contributed by atoms with Crippen molar-refractivity contribution in [2.24, 2.45) is 0 Å². The number of hydrogen-bond acceptors (Lipinski definition) is 2. The molecular weight excluding hydrogens is 186 g/mol. The summed E-state index contributed by atoms with van der Waals surface area (Å²) >= 11 is 6.15. The first kappa shape index (κ1) is 8.51. The summed E-state index contributed by atoms with van der Waals surface area (Å²) in [4.78, 5) is 4.38. The second-order valence-corrected chi connectivity index (χ2v) is 3.28. The van der Waals surface area contributed by atoms with Gasteiger partial charge >= 0.3 is 0 Å². The third-order valence-corrected chi connectivity index (χ3v) is 2.52. The van der Waals surface area contributed by atoms with Gasteiger partial charge in [0.2, 0.25) is 0 Å². The molecule has 4 heteroatoms. The van der Waals surface area contributed by atoms with Gasteiger partial charge < -0.3 is 0 Å². The molecule has 0 unspecified atom stereocenters. The first-order valence-corrected chi connectivity index (χ1v) is 4.60. The van der Waals surface area contributed by atoms with Gasteiger partial charge in [0.15, 0.2) is 5.65 Å². The minimum atomic E-state index is 0.676. The summed E-state index contributed by atoms with van der Waals surface area (Å²) in [6.45, 7) is 4.03. The molecule has 3 nitrogen and oxygen atoms in total. The predicted molar refractivity (Wildman–Crippen MR) is 52.1 cm³/mol. The topological polar surface area (TPSA) is 30.2 Å². The third kappa shape index (κ3) is 1.20. The number of aryl methyl sites for hydroxylation is 1. The van der Waals surface area contributed by atoms with E-state index in [2.05, 4.69) is 17.0 Å². The zero-order chi connectivity index (χ0) is 9.42. The molecule has 0 spiro atoms. The zero-order valence-electron chi connectivity index (χ0n) is 7.58. The Kier molecular flexibility index (Phi) is 1.96. The Morgan fingerprint density at radius 3 is 3.00 bits per heavy atom. The first-order chi connectivity index (χ1) is 6.24. The third-order valence-electron chi connectivity index (χ3n) is 2.13. The Morgan fingerprint density at radius 1 is 1.54 bits per heavy atom. The van der Waals surface area contributed by atoms with Crippen molar-refractivity contribution in [2.45, 2.75) is 20.3 Å². The molecule has 2 aromatic heterocycles. The van der Waals surface area contributed by atoms with Crippen LogP contribution in [0.1, 0.15) is 18.2 Å². The molecule has 0 bridgehead atoms. The molecule has 0 aliphatic carbocycles. The zero-order valence-corrected chi connectivity index (χ0v) is 8.34. The molecule has 13 heavy (non-hydrogen) atoms. The molecule has 0 N–H and O–H groups in total. The van der Waals surface area contributed by atoms with Crippen LogP contribution in [-0.2, 0) is 6.42 Å². The SMILES string of the molecule is CCc1c(C)nc2ccnn2c1Cl. The summed E-state index contributed by atoms with van der Waals surface area (Å²) in [7, 11) is 0. The lowest BCUT2D eigenvalue weighted by Crippen LogP contribution is -2.00. The van der Waals surface area contributed by atoms with Gasteiger partial charge in [-0.1, -0.05) is 18.5 Å². The van der Waals surface area contributed by atoms with Crippen LogP contribution in [0.25, 0.3) is 5.65 Å². The van der Waals surface area contributed by atoms with Gasteiger partial charge in [-0.25, -0.2) is 9.50 Å². The van der Waals surface area contributed by atoms with E-state index in [1.165, 1.54) is 0 Å². The number of fused-ring (bicyclic) bond motifs is 1. The Labute approximate surface area is 81.4 Å². The molecule has 0 aromatic carbocycles. The van der Waals surface area contributed by atoms with Crippen molar-refractivity contribution in [3.05, 3.63) is 28.7 Å². The maximum atomic E-state index is 6.15. The van der Waals surface area contributed by atoms with Gasteiger partial charge in [0.05, 0.1) is 6.20 Å². The quantitative estimate of drug-likeness (QED) is 0.654. The van der Waals surface area contributed by atoms with Crippen molar-refractivity contribution in [2.75, 3.05) is 0 Å². The summed E-state index contributed by atoms with van der Waals surface area (Å²) in [6.07, 6.45) is 2.58. The molecule has 0 saturated heterocycles. The van der Waals surface area contributed by atoms with Crippen molar-refractivity contribution in [3.63, 3.8) is 0 Å². The average molecular weight is 196 g/mol. The monoisotopic (exact) mass is 195 g/mol. The van der Waals surface area contributed by atoms with Gasteiger partial charge in [-0.15, -0.1) is 0 Å². The van der Waals surface area contributed by atoms with Gasteiger partial charge in [-0.2, -0.15) is 5.10 Å². The largest absolute Gasteiger partial charge is 0.233 e. The van der Waals surface area contributed by atoms with Crippen molar-refractivity contribution in [3.8, 4) is 0 Å². The Hall–Kier alpha value is -1.09. The number of hydrogen-bond donors (Lipinski definition) is 0. The van der Waals surface area contributed by atoms with Crippen LogP contribution in [0.15, 0.2) is 12.3 Å². The maximum Gasteiger partial charge on any atom is 0.156 e. The Morgan fingerprint density at radius 2 is 2.31 bits per heavy atom. The van der Waals surface area contributed by atoms with E-state index >= 15 is 0 Å². The van der Waals surface area contributed by atoms with Crippen LogP contribution in [0.2, 0.25) is 5.15 Å². The highest BCUT2D eigenvalue weighted by atomic mass is 35.5. The van der Waals surface area contributed by atoms with Gasteiger partial charge in [0.1, 0.15) is 5.15 Å². The van der Waals surface area contributed by atoms with E-state index in [9.17, 15) is 0 Å². The number of nitrogens with zero attached hydrogens (tertiary/aromatic N) is 3. The van der Waals surface area contributed by atoms with E-state index in [0.29, 0.717) is 5.15 Å². The van der Waals surface area contributed by atoms with Gasteiger partial charge in [-0.05, 0) is 13.3 Å². The van der Waals surface area contributed by atoms with Crippen LogP contribution in [-0.4, -0.2) is 14.6 Å².